The van der Waals surface area contributed by atoms with Gasteiger partial charge in [-0.05, 0) is 59.2 Å². The summed E-state index contributed by atoms with van der Waals surface area (Å²) in [6.07, 6.45) is 2.91. The number of H-pyrrole nitrogens is 1. The molecular weight excluding hydrogens is 475 g/mol. The predicted octanol–water partition coefficient (Wildman–Crippen LogP) is 7.08. The molecule has 3 rings (SSSR count). The Labute approximate surface area is 215 Å². The first-order valence-electron chi connectivity index (χ1n) is 12.4. The van der Waals surface area contributed by atoms with E-state index in [4.69, 9.17) is 18.3 Å². The van der Waals surface area contributed by atoms with Crippen LogP contribution < -0.4 is 4.74 Å². The van der Waals surface area contributed by atoms with Gasteiger partial charge >= 0.3 is 7.82 Å². The smallest absolute Gasteiger partial charge is 0.466 e. The van der Waals surface area contributed by atoms with Crippen LogP contribution in [0.15, 0.2) is 54.7 Å². The highest BCUT2D eigenvalue weighted by Crippen LogP contribution is 2.55. The lowest BCUT2D eigenvalue weighted by Gasteiger charge is -2.30. The maximum absolute atomic E-state index is 13.3. The minimum atomic E-state index is -3.86. The summed E-state index contributed by atoms with van der Waals surface area (Å²) in [4.78, 5) is 3.35. The van der Waals surface area contributed by atoms with Gasteiger partial charge in [0.1, 0.15) is 12.3 Å². The number of phosphoric ester groups is 1. The van der Waals surface area contributed by atoms with Gasteiger partial charge in [-0.25, -0.2) is 9.09 Å². The summed E-state index contributed by atoms with van der Waals surface area (Å²) in [5, 5.41) is 1.00. The number of aromatic amines is 1. The molecule has 36 heavy (non-hydrogen) atoms. The van der Waals surface area contributed by atoms with Crippen molar-refractivity contribution in [1.82, 2.24) is 4.98 Å². The van der Waals surface area contributed by atoms with Gasteiger partial charge < -0.3 is 14.2 Å². The van der Waals surface area contributed by atoms with Crippen LogP contribution in [0.4, 0.5) is 0 Å². The lowest BCUT2D eigenvalue weighted by molar-refractivity contribution is -0.903. The summed E-state index contributed by atoms with van der Waals surface area (Å²) in [5.74, 6) is 0.662. The lowest BCUT2D eigenvalue weighted by Crippen LogP contribution is -2.40. The Morgan fingerprint density at radius 2 is 1.53 bits per heavy atom. The maximum atomic E-state index is 13.3. The van der Waals surface area contributed by atoms with E-state index in [1.807, 2.05) is 30.5 Å². The van der Waals surface area contributed by atoms with Crippen molar-refractivity contribution in [3.05, 3.63) is 65.9 Å². The number of likely N-dealkylation sites (N-methyl/N-ethyl adjacent to an activating group) is 1. The second-order valence-corrected chi connectivity index (χ2v) is 13.3. The average Bonchev–Trinajstić information content (AvgIpc) is 3.14. The van der Waals surface area contributed by atoms with Crippen molar-refractivity contribution < 1.29 is 27.4 Å². The predicted molar refractivity (Wildman–Crippen MR) is 145 cm³/mol. The number of nitrogens with zero attached hydrogens (tertiary/aromatic N) is 1. The fourth-order valence-electron chi connectivity index (χ4n) is 4.01. The monoisotopic (exact) mass is 517 g/mol. The van der Waals surface area contributed by atoms with Crippen LogP contribution in [0, 0.1) is 0 Å². The number of aromatic nitrogens is 1. The molecule has 8 heteroatoms. The molecule has 0 aliphatic rings. The molecule has 0 radical (unpaired) electrons. The van der Waals surface area contributed by atoms with Gasteiger partial charge in [0.05, 0.1) is 31.8 Å². The lowest BCUT2D eigenvalue weighted by atomic mass is 10.1. The molecule has 0 bridgehead atoms. The zero-order valence-electron chi connectivity index (χ0n) is 23.0. The standard InChI is InChI=1S/C28H42N2O5P/c1-27(2,3)34-36(31,35-28(4,5)6)33-21-32-25-16-12-15-24-26(25)23(19-29-24)17-18-30(7,8)20-22-13-10-9-11-14-22/h9-16,19,29H,17-18,20-21H2,1-8H3/q+1. The molecule has 2 aromatic carbocycles. The Balaban J connectivity index is 1.71. The quantitative estimate of drug-likeness (QED) is 0.167. The van der Waals surface area contributed by atoms with Crippen LogP contribution in [-0.2, 0) is 31.1 Å². The molecular formula is C28H42N2O5P+. The van der Waals surface area contributed by atoms with Crippen LogP contribution in [0.2, 0.25) is 0 Å². The van der Waals surface area contributed by atoms with Gasteiger partial charge in [-0.15, -0.1) is 0 Å². The molecule has 0 amide bonds. The summed E-state index contributed by atoms with van der Waals surface area (Å²) < 4.78 is 37.1. The molecule has 3 aromatic rings. The van der Waals surface area contributed by atoms with E-state index in [0.717, 1.165) is 34.9 Å². The number of hydrogen-bond donors (Lipinski definition) is 1. The third kappa shape index (κ3) is 8.75. The van der Waals surface area contributed by atoms with Crippen molar-refractivity contribution >= 4 is 18.7 Å². The van der Waals surface area contributed by atoms with Crippen LogP contribution in [0.1, 0.15) is 52.7 Å². The normalized spacial score (nSPS) is 13.3. The van der Waals surface area contributed by atoms with E-state index in [1.54, 1.807) is 41.5 Å². The zero-order valence-corrected chi connectivity index (χ0v) is 23.9. The number of rotatable bonds is 11. The van der Waals surface area contributed by atoms with E-state index < -0.39 is 19.0 Å². The Morgan fingerprint density at radius 1 is 0.889 bits per heavy atom. The van der Waals surface area contributed by atoms with E-state index in [9.17, 15) is 4.57 Å². The highest BCUT2D eigenvalue weighted by atomic mass is 31.2. The molecule has 0 aliphatic carbocycles. The van der Waals surface area contributed by atoms with Gasteiger partial charge in [-0.2, -0.15) is 0 Å². The van der Waals surface area contributed by atoms with Gasteiger partial charge in [-0.1, -0.05) is 36.4 Å². The number of phosphoric acid groups is 1. The third-order valence-electron chi connectivity index (χ3n) is 5.39. The molecule has 0 saturated heterocycles. The first kappa shape index (κ1) is 28.4. The van der Waals surface area contributed by atoms with Crippen LogP contribution in [0.25, 0.3) is 10.9 Å². The molecule has 0 fully saturated rings. The summed E-state index contributed by atoms with van der Waals surface area (Å²) in [6, 6.07) is 16.4. The maximum Gasteiger partial charge on any atom is 0.478 e. The van der Waals surface area contributed by atoms with Crippen LogP contribution in [-0.4, -0.2) is 48.1 Å². The number of nitrogens with one attached hydrogen (secondary N) is 1. The van der Waals surface area contributed by atoms with Crippen LogP contribution in [0.3, 0.4) is 0 Å². The van der Waals surface area contributed by atoms with Gasteiger partial charge in [0.2, 0.25) is 0 Å². The molecule has 1 heterocycles. The molecule has 7 nitrogen and oxygen atoms in total. The highest BCUT2D eigenvalue weighted by molar-refractivity contribution is 7.48. The molecule has 1 N–H and O–H groups in total. The second kappa shape index (κ2) is 11.1. The van der Waals surface area contributed by atoms with E-state index in [-0.39, 0.29) is 6.79 Å². The zero-order chi connectivity index (χ0) is 26.6. The van der Waals surface area contributed by atoms with Crippen LogP contribution in [0.5, 0.6) is 5.75 Å². The van der Waals surface area contributed by atoms with Crippen molar-refractivity contribution in [3.63, 3.8) is 0 Å². The SMILES string of the molecule is CC(C)(C)OP(=O)(OCOc1cccc2[nH]cc(CC[N+](C)(C)Cc3ccccc3)c12)OC(C)(C)C. The number of quaternary nitrogens is 1. The molecule has 0 unspecified atom stereocenters. The van der Waals surface area contributed by atoms with Crippen molar-refractivity contribution in [2.75, 3.05) is 27.4 Å². The third-order valence-corrected chi connectivity index (χ3v) is 7.35. The molecule has 1 aromatic heterocycles. The van der Waals surface area contributed by atoms with Gasteiger partial charge in [0.15, 0.2) is 6.79 Å². The van der Waals surface area contributed by atoms with Crippen molar-refractivity contribution in [1.29, 1.82) is 0 Å². The minimum absolute atomic E-state index is 0.261. The average molecular weight is 518 g/mol. The molecule has 0 aliphatic heterocycles. The largest absolute Gasteiger partial charge is 0.478 e. The van der Waals surface area contributed by atoms with Gasteiger partial charge in [-0.3, -0.25) is 9.05 Å². The first-order valence-corrected chi connectivity index (χ1v) is 13.8. The Bertz CT molecular complexity index is 1160. The topological polar surface area (TPSA) is 69.8 Å². The van der Waals surface area contributed by atoms with E-state index in [2.05, 4.69) is 43.3 Å². The van der Waals surface area contributed by atoms with Crippen molar-refractivity contribution in [2.24, 2.45) is 0 Å². The van der Waals surface area contributed by atoms with Crippen molar-refractivity contribution in [2.45, 2.75) is 65.7 Å². The van der Waals surface area contributed by atoms with E-state index in [0.29, 0.717) is 5.75 Å². The van der Waals surface area contributed by atoms with Gasteiger partial charge in [0, 0.05) is 29.1 Å². The fourth-order valence-corrected chi connectivity index (χ4v) is 5.68. The molecule has 0 spiro atoms. The Morgan fingerprint density at radius 3 is 2.14 bits per heavy atom. The Hall–Kier alpha value is -2.15. The summed E-state index contributed by atoms with van der Waals surface area (Å²) in [6.45, 7) is 12.5. The first-order chi connectivity index (χ1) is 16.6. The van der Waals surface area contributed by atoms with E-state index >= 15 is 0 Å². The number of ether oxygens (including phenoxy) is 1. The van der Waals surface area contributed by atoms with Crippen molar-refractivity contribution in [3.8, 4) is 5.75 Å². The van der Waals surface area contributed by atoms with E-state index in [1.165, 1.54) is 11.1 Å². The van der Waals surface area contributed by atoms with Crippen LogP contribution >= 0.6 is 7.82 Å². The van der Waals surface area contributed by atoms with Gasteiger partial charge in [0.25, 0.3) is 0 Å². The molecule has 0 atom stereocenters. The number of fused-ring (bicyclic) bond motifs is 1. The molecule has 0 saturated carbocycles. The summed E-state index contributed by atoms with van der Waals surface area (Å²) in [5.41, 5.74) is 2.05. The summed E-state index contributed by atoms with van der Waals surface area (Å²) in [7, 11) is 0.630. The minimum Gasteiger partial charge on any atom is -0.466 e. The fraction of sp³-hybridized carbons (Fsp3) is 0.500. The highest BCUT2D eigenvalue weighted by Gasteiger charge is 2.37. The second-order valence-electron chi connectivity index (χ2n) is 11.8. The summed E-state index contributed by atoms with van der Waals surface area (Å²) >= 11 is 0. The molecule has 198 valence electrons. The number of hydrogen-bond acceptors (Lipinski definition) is 5. The Kier molecular flexibility index (Phi) is 8.74. The number of benzene rings is 2.